The monoisotopic (exact) mass is 187 g/mol. The van der Waals surface area contributed by atoms with E-state index in [0.717, 1.165) is 13.0 Å². The Bertz CT molecular complexity index is 236. The van der Waals surface area contributed by atoms with E-state index in [1.165, 1.54) is 12.2 Å². The van der Waals surface area contributed by atoms with E-state index >= 15 is 0 Å². The highest BCUT2D eigenvalue weighted by atomic mass is 19.2. The molecule has 1 N–H and O–H groups in total. The molecule has 0 saturated carbocycles. The first-order valence-electron chi connectivity index (χ1n) is 4.37. The Morgan fingerprint density at radius 2 is 2.08 bits per heavy atom. The molecule has 1 aliphatic heterocycles. The van der Waals surface area contributed by atoms with Gasteiger partial charge in [-0.15, -0.1) is 0 Å². The van der Waals surface area contributed by atoms with Crippen LogP contribution in [0.4, 0.5) is 8.78 Å². The summed E-state index contributed by atoms with van der Waals surface area (Å²) >= 11 is 0. The third-order valence-corrected chi connectivity index (χ3v) is 2.23. The fraction of sp³-hybridized carbons (Fsp3) is 0.556. The van der Waals surface area contributed by atoms with Crippen molar-refractivity contribution >= 4 is 0 Å². The second-order valence-electron chi connectivity index (χ2n) is 3.20. The number of ether oxygens (including phenoxy) is 1. The van der Waals surface area contributed by atoms with Gasteiger partial charge in [-0.1, -0.05) is 0 Å². The summed E-state index contributed by atoms with van der Waals surface area (Å²) in [7, 11) is 0. The highest BCUT2D eigenvalue weighted by Crippen LogP contribution is 2.24. The van der Waals surface area contributed by atoms with Crippen molar-refractivity contribution in [3.8, 4) is 0 Å². The van der Waals surface area contributed by atoms with Crippen molar-refractivity contribution in [3.05, 3.63) is 23.8 Å². The normalized spacial score (nSPS) is 34.3. The van der Waals surface area contributed by atoms with E-state index in [0.29, 0.717) is 6.61 Å². The van der Waals surface area contributed by atoms with Crippen LogP contribution >= 0.6 is 0 Å². The lowest BCUT2D eigenvalue weighted by Gasteiger charge is -2.22. The topological polar surface area (TPSA) is 21.3 Å². The number of halogens is 2. The standard InChI is InChI=1S/C9H11F2NO/c10-6-4-8-9(5-7(6)11)13-3-1-2-12-8/h4-5,8-9,12H,1-3H2. The Hall–Kier alpha value is -0.740. The van der Waals surface area contributed by atoms with E-state index < -0.39 is 11.7 Å². The van der Waals surface area contributed by atoms with Crippen molar-refractivity contribution in [1.82, 2.24) is 5.32 Å². The van der Waals surface area contributed by atoms with Crippen molar-refractivity contribution in [1.29, 1.82) is 0 Å². The Morgan fingerprint density at radius 1 is 1.31 bits per heavy atom. The van der Waals surface area contributed by atoms with E-state index in [1.807, 2.05) is 0 Å². The van der Waals surface area contributed by atoms with Crippen LogP contribution in [0.5, 0.6) is 0 Å². The van der Waals surface area contributed by atoms with Gasteiger partial charge in [0.2, 0.25) is 0 Å². The molecule has 13 heavy (non-hydrogen) atoms. The van der Waals surface area contributed by atoms with Crippen molar-refractivity contribution in [2.75, 3.05) is 13.2 Å². The molecular formula is C9H11F2NO. The predicted molar refractivity (Wildman–Crippen MR) is 44.5 cm³/mol. The number of nitrogens with one attached hydrogen (secondary N) is 1. The molecule has 72 valence electrons. The van der Waals surface area contributed by atoms with Gasteiger partial charge in [-0.2, -0.15) is 0 Å². The zero-order chi connectivity index (χ0) is 9.26. The molecule has 1 fully saturated rings. The van der Waals surface area contributed by atoms with E-state index in [1.54, 1.807) is 0 Å². The molecule has 2 aliphatic rings. The van der Waals surface area contributed by atoms with Crippen LogP contribution in [0.2, 0.25) is 0 Å². The highest BCUT2D eigenvalue weighted by Gasteiger charge is 2.27. The molecule has 1 aliphatic carbocycles. The first kappa shape index (κ1) is 8.84. The van der Waals surface area contributed by atoms with Crippen molar-refractivity contribution in [2.24, 2.45) is 0 Å². The molecule has 0 aromatic carbocycles. The van der Waals surface area contributed by atoms with Crippen LogP contribution in [0.25, 0.3) is 0 Å². The summed E-state index contributed by atoms with van der Waals surface area (Å²) in [6, 6.07) is -0.220. The van der Waals surface area contributed by atoms with Gasteiger partial charge in [0.05, 0.1) is 12.1 Å². The molecule has 1 heterocycles. The van der Waals surface area contributed by atoms with Gasteiger partial charge in [-0.3, -0.25) is 0 Å². The van der Waals surface area contributed by atoms with Gasteiger partial charge in [0.1, 0.15) is 0 Å². The second kappa shape index (κ2) is 3.55. The first-order chi connectivity index (χ1) is 6.27. The van der Waals surface area contributed by atoms with E-state index in [9.17, 15) is 8.78 Å². The molecule has 2 unspecified atom stereocenters. The van der Waals surface area contributed by atoms with Gasteiger partial charge in [-0.25, -0.2) is 8.78 Å². The minimum atomic E-state index is -0.815. The first-order valence-corrected chi connectivity index (χ1v) is 4.37. The summed E-state index contributed by atoms with van der Waals surface area (Å²) in [5.41, 5.74) is 0. The number of fused-ring (bicyclic) bond motifs is 1. The van der Waals surface area contributed by atoms with Crippen LogP contribution in [0.1, 0.15) is 6.42 Å². The third kappa shape index (κ3) is 1.78. The SMILES string of the molecule is FC1=CC2NCCCOC2C=C1F. The zero-order valence-corrected chi connectivity index (χ0v) is 7.09. The molecule has 2 atom stereocenters. The maximum absolute atomic E-state index is 12.8. The molecular weight excluding hydrogens is 176 g/mol. The second-order valence-corrected chi connectivity index (χ2v) is 3.20. The molecule has 0 aromatic heterocycles. The maximum Gasteiger partial charge on any atom is 0.157 e. The van der Waals surface area contributed by atoms with Gasteiger partial charge in [0, 0.05) is 6.61 Å². The Labute approximate surface area is 75.3 Å². The highest BCUT2D eigenvalue weighted by molar-refractivity contribution is 5.29. The van der Waals surface area contributed by atoms with Gasteiger partial charge >= 0.3 is 0 Å². The fourth-order valence-corrected chi connectivity index (χ4v) is 1.55. The Balaban J connectivity index is 2.18. The lowest BCUT2D eigenvalue weighted by molar-refractivity contribution is 0.0823. The number of hydrogen-bond acceptors (Lipinski definition) is 2. The zero-order valence-electron chi connectivity index (χ0n) is 7.09. The predicted octanol–water partition coefficient (Wildman–Crippen LogP) is 1.45. The third-order valence-electron chi connectivity index (χ3n) is 2.23. The van der Waals surface area contributed by atoms with Crippen molar-refractivity contribution < 1.29 is 13.5 Å². The van der Waals surface area contributed by atoms with Gasteiger partial charge in [0.15, 0.2) is 11.7 Å². The van der Waals surface area contributed by atoms with Crippen molar-refractivity contribution in [3.63, 3.8) is 0 Å². The van der Waals surface area contributed by atoms with Crippen LogP contribution in [0.3, 0.4) is 0 Å². The Morgan fingerprint density at radius 3 is 2.92 bits per heavy atom. The van der Waals surface area contributed by atoms with Gasteiger partial charge in [-0.05, 0) is 25.1 Å². The maximum atomic E-state index is 12.8. The Kier molecular flexibility index (Phi) is 2.42. The molecule has 0 amide bonds. The molecule has 2 nitrogen and oxygen atoms in total. The molecule has 0 spiro atoms. The van der Waals surface area contributed by atoms with Gasteiger partial charge in [0.25, 0.3) is 0 Å². The molecule has 4 heteroatoms. The van der Waals surface area contributed by atoms with Crippen molar-refractivity contribution in [2.45, 2.75) is 18.6 Å². The van der Waals surface area contributed by atoms with Crippen LogP contribution in [-0.2, 0) is 4.74 Å². The smallest absolute Gasteiger partial charge is 0.157 e. The summed E-state index contributed by atoms with van der Waals surface area (Å²) in [5, 5.41) is 3.08. The average molecular weight is 187 g/mol. The molecule has 0 aromatic rings. The molecule has 2 rings (SSSR count). The minimum absolute atomic E-state index is 0.220. The lowest BCUT2D eigenvalue weighted by atomic mass is 10.0. The van der Waals surface area contributed by atoms with Crippen LogP contribution in [0, 0.1) is 0 Å². The summed E-state index contributed by atoms with van der Waals surface area (Å²) in [5.74, 6) is -1.61. The van der Waals surface area contributed by atoms with Crippen LogP contribution in [0.15, 0.2) is 23.8 Å². The molecule has 0 bridgehead atoms. The summed E-state index contributed by atoms with van der Waals surface area (Å²) in [6.45, 7) is 1.37. The van der Waals surface area contributed by atoms with E-state index in [4.69, 9.17) is 4.74 Å². The summed E-state index contributed by atoms with van der Waals surface area (Å²) in [4.78, 5) is 0. The van der Waals surface area contributed by atoms with Gasteiger partial charge < -0.3 is 10.1 Å². The lowest BCUT2D eigenvalue weighted by Crippen LogP contribution is -2.38. The van der Waals surface area contributed by atoms with E-state index in [-0.39, 0.29) is 12.1 Å². The average Bonchev–Trinajstić information content (AvgIpc) is 2.31. The largest absolute Gasteiger partial charge is 0.372 e. The number of hydrogen-bond donors (Lipinski definition) is 1. The van der Waals surface area contributed by atoms with Crippen LogP contribution in [-0.4, -0.2) is 25.3 Å². The minimum Gasteiger partial charge on any atom is -0.372 e. The summed E-state index contributed by atoms with van der Waals surface area (Å²) < 4.78 is 30.9. The molecule has 1 saturated heterocycles. The number of allylic oxidation sites excluding steroid dienone is 2. The summed E-state index contributed by atoms with van der Waals surface area (Å²) in [6.07, 6.45) is 2.95. The van der Waals surface area contributed by atoms with Crippen LogP contribution < -0.4 is 5.32 Å². The molecule has 0 radical (unpaired) electrons. The quantitative estimate of drug-likeness (QED) is 0.619. The number of rotatable bonds is 0. The fourth-order valence-electron chi connectivity index (χ4n) is 1.55. The van der Waals surface area contributed by atoms with E-state index in [2.05, 4.69) is 5.32 Å².